The number of carbonyl (C=O) groups is 1. The molecule has 1 heterocycles. The Morgan fingerprint density at radius 3 is 2.50 bits per heavy atom. The number of sulfone groups is 1. The molecular weight excluding hydrogens is 368 g/mol. The molecule has 0 amide bonds. The summed E-state index contributed by atoms with van der Waals surface area (Å²) in [6.45, 7) is 5.27. The smallest absolute Gasteiger partial charge is 0.155 e. The van der Waals surface area contributed by atoms with Gasteiger partial charge in [-0.2, -0.15) is 8.75 Å². The lowest BCUT2D eigenvalue weighted by atomic mass is 9.79. The van der Waals surface area contributed by atoms with E-state index in [4.69, 9.17) is 0 Å². The fraction of sp³-hybridized carbons (Fsp3) is 0.632. The van der Waals surface area contributed by atoms with Gasteiger partial charge in [0.05, 0.1) is 22.2 Å². The normalized spacial score (nSPS) is 21.8. The molecule has 0 radical (unpaired) electrons. The van der Waals surface area contributed by atoms with Crippen LogP contribution < -0.4 is 0 Å². The molecule has 1 aromatic carbocycles. The second-order valence-electron chi connectivity index (χ2n) is 8.30. The second-order valence-corrected chi connectivity index (χ2v) is 11.6. The Labute approximate surface area is 159 Å². The third kappa shape index (κ3) is 4.14. The molecule has 7 heteroatoms. The van der Waals surface area contributed by atoms with Crippen LogP contribution in [-0.2, 0) is 21.1 Å². The third-order valence-electron chi connectivity index (χ3n) is 5.42. The summed E-state index contributed by atoms with van der Waals surface area (Å²) in [6.07, 6.45) is 3.59. The SMILES string of the molecule is CC(C)(C)S(=O)(=O)CC1CCC(C(=O)Cc2cccc3nsnc23)CC1. The average molecular weight is 395 g/mol. The van der Waals surface area contributed by atoms with Crippen molar-refractivity contribution in [1.29, 1.82) is 0 Å². The van der Waals surface area contributed by atoms with Crippen molar-refractivity contribution in [2.45, 2.75) is 57.6 Å². The molecule has 3 rings (SSSR count). The Balaban J connectivity index is 1.58. The number of rotatable bonds is 5. The van der Waals surface area contributed by atoms with Crippen LogP contribution >= 0.6 is 11.7 Å². The van der Waals surface area contributed by atoms with Crippen LogP contribution in [-0.4, -0.2) is 33.4 Å². The number of ketones is 1. The lowest BCUT2D eigenvalue weighted by molar-refractivity contribution is -0.123. The van der Waals surface area contributed by atoms with Gasteiger partial charge in [0, 0.05) is 12.3 Å². The first kappa shape index (κ1) is 19.4. The zero-order chi connectivity index (χ0) is 18.9. The van der Waals surface area contributed by atoms with Crippen LogP contribution in [0.5, 0.6) is 0 Å². The van der Waals surface area contributed by atoms with Gasteiger partial charge < -0.3 is 0 Å². The third-order valence-corrected chi connectivity index (χ3v) is 8.74. The van der Waals surface area contributed by atoms with E-state index in [1.807, 2.05) is 18.2 Å². The molecule has 1 saturated carbocycles. The molecule has 2 aromatic rings. The number of fused-ring (bicyclic) bond motifs is 1. The van der Waals surface area contributed by atoms with E-state index in [2.05, 4.69) is 8.75 Å². The van der Waals surface area contributed by atoms with Gasteiger partial charge in [-0.25, -0.2) is 8.42 Å². The molecule has 1 fully saturated rings. The number of hydrogen-bond acceptors (Lipinski definition) is 6. The summed E-state index contributed by atoms with van der Waals surface area (Å²) in [7, 11) is -3.10. The van der Waals surface area contributed by atoms with Crippen molar-refractivity contribution in [2.75, 3.05) is 5.75 Å². The summed E-state index contributed by atoms with van der Waals surface area (Å²) in [5.41, 5.74) is 2.62. The summed E-state index contributed by atoms with van der Waals surface area (Å²) in [4.78, 5) is 12.7. The minimum atomic E-state index is -3.10. The molecule has 26 heavy (non-hydrogen) atoms. The Bertz CT molecular complexity index is 889. The highest BCUT2D eigenvalue weighted by Crippen LogP contribution is 2.33. The number of Topliss-reactive ketones (excluding diaryl/α,β-unsaturated/α-hetero) is 1. The standard InChI is InChI=1S/C19H26N2O3S2/c1-19(2,3)26(23,24)12-13-7-9-14(10-8-13)17(22)11-15-5-4-6-16-18(15)21-25-20-16/h4-6,13-14H,7-12H2,1-3H3. The highest BCUT2D eigenvalue weighted by Gasteiger charge is 2.34. The van der Waals surface area contributed by atoms with E-state index in [1.165, 1.54) is 11.7 Å². The van der Waals surface area contributed by atoms with E-state index in [9.17, 15) is 13.2 Å². The average Bonchev–Trinajstić information content (AvgIpc) is 3.04. The van der Waals surface area contributed by atoms with Crippen LogP contribution in [0.3, 0.4) is 0 Å². The summed E-state index contributed by atoms with van der Waals surface area (Å²) >= 11 is 1.17. The first-order valence-corrected chi connectivity index (χ1v) is 11.5. The number of aromatic nitrogens is 2. The zero-order valence-electron chi connectivity index (χ0n) is 15.6. The van der Waals surface area contributed by atoms with Crippen molar-refractivity contribution in [1.82, 2.24) is 8.75 Å². The van der Waals surface area contributed by atoms with Gasteiger partial charge in [-0.1, -0.05) is 12.1 Å². The lowest BCUT2D eigenvalue weighted by Gasteiger charge is -2.30. The summed E-state index contributed by atoms with van der Waals surface area (Å²) < 4.78 is 32.6. The van der Waals surface area contributed by atoms with Crippen molar-refractivity contribution in [3.05, 3.63) is 23.8 Å². The van der Waals surface area contributed by atoms with Gasteiger partial charge in [-0.3, -0.25) is 4.79 Å². The maximum Gasteiger partial charge on any atom is 0.155 e. The lowest BCUT2D eigenvalue weighted by Crippen LogP contribution is -2.35. The minimum absolute atomic E-state index is 0.0328. The molecule has 0 N–H and O–H groups in total. The minimum Gasteiger partial charge on any atom is -0.299 e. The van der Waals surface area contributed by atoms with Gasteiger partial charge in [0.15, 0.2) is 9.84 Å². The van der Waals surface area contributed by atoms with Gasteiger partial charge in [-0.05, 0) is 64.0 Å². The van der Waals surface area contributed by atoms with Gasteiger partial charge in [0.1, 0.15) is 16.8 Å². The van der Waals surface area contributed by atoms with Crippen LogP contribution in [0.25, 0.3) is 11.0 Å². The molecule has 1 aliphatic carbocycles. The first-order chi connectivity index (χ1) is 12.2. The van der Waals surface area contributed by atoms with E-state index < -0.39 is 14.6 Å². The van der Waals surface area contributed by atoms with Crippen LogP contribution in [0.15, 0.2) is 18.2 Å². The maximum atomic E-state index is 12.7. The molecule has 0 atom stereocenters. The van der Waals surface area contributed by atoms with Gasteiger partial charge in [-0.15, -0.1) is 0 Å². The van der Waals surface area contributed by atoms with Gasteiger partial charge >= 0.3 is 0 Å². The summed E-state index contributed by atoms with van der Waals surface area (Å²) in [6, 6.07) is 5.78. The van der Waals surface area contributed by atoms with Gasteiger partial charge in [0.2, 0.25) is 0 Å². The van der Waals surface area contributed by atoms with E-state index in [0.29, 0.717) is 6.42 Å². The van der Waals surface area contributed by atoms with Gasteiger partial charge in [0.25, 0.3) is 0 Å². The molecule has 0 spiro atoms. The molecule has 0 saturated heterocycles. The summed E-state index contributed by atoms with van der Waals surface area (Å²) in [5, 5.41) is 0. The molecule has 142 valence electrons. The van der Waals surface area contributed by atoms with Crippen LogP contribution in [0.2, 0.25) is 0 Å². The number of nitrogens with zero attached hydrogens (tertiary/aromatic N) is 2. The fourth-order valence-corrected chi connectivity index (χ4v) is 5.57. The quantitative estimate of drug-likeness (QED) is 0.770. The van der Waals surface area contributed by atoms with Crippen molar-refractivity contribution in [2.24, 2.45) is 11.8 Å². The van der Waals surface area contributed by atoms with E-state index in [-0.39, 0.29) is 23.4 Å². The Morgan fingerprint density at radius 1 is 1.15 bits per heavy atom. The highest BCUT2D eigenvalue weighted by atomic mass is 32.2. The summed E-state index contributed by atoms with van der Waals surface area (Å²) in [5.74, 6) is 0.684. The fourth-order valence-electron chi connectivity index (χ4n) is 3.55. The Morgan fingerprint density at radius 2 is 1.85 bits per heavy atom. The van der Waals surface area contributed by atoms with Crippen molar-refractivity contribution in [3.63, 3.8) is 0 Å². The Kier molecular flexibility index (Phi) is 5.49. The van der Waals surface area contributed by atoms with E-state index in [0.717, 1.165) is 42.3 Å². The van der Waals surface area contributed by atoms with E-state index >= 15 is 0 Å². The van der Waals surface area contributed by atoms with Crippen molar-refractivity contribution < 1.29 is 13.2 Å². The van der Waals surface area contributed by atoms with Crippen LogP contribution in [0.4, 0.5) is 0 Å². The van der Waals surface area contributed by atoms with Crippen molar-refractivity contribution in [3.8, 4) is 0 Å². The molecule has 5 nitrogen and oxygen atoms in total. The molecular formula is C19H26N2O3S2. The maximum absolute atomic E-state index is 12.7. The van der Waals surface area contributed by atoms with Crippen molar-refractivity contribution >= 4 is 38.4 Å². The second kappa shape index (κ2) is 7.35. The number of hydrogen-bond donors (Lipinski definition) is 0. The predicted molar refractivity (Wildman–Crippen MR) is 105 cm³/mol. The van der Waals surface area contributed by atoms with Crippen LogP contribution in [0, 0.1) is 11.8 Å². The van der Waals surface area contributed by atoms with E-state index in [1.54, 1.807) is 20.8 Å². The molecule has 0 aliphatic heterocycles. The molecule has 1 aliphatic rings. The largest absolute Gasteiger partial charge is 0.299 e. The monoisotopic (exact) mass is 394 g/mol. The zero-order valence-corrected chi connectivity index (χ0v) is 17.2. The number of carbonyl (C=O) groups excluding carboxylic acids is 1. The highest BCUT2D eigenvalue weighted by molar-refractivity contribution is 7.92. The topological polar surface area (TPSA) is 77.0 Å². The number of benzene rings is 1. The molecule has 0 unspecified atom stereocenters. The van der Waals surface area contributed by atoms with Crippen LogP contribution in [0.1, 0.15) is 52.0 Å². The Hall–Kier alpha value is -1.34. The predicted octanol–water partition coefficient (Wildman–Crippen LogP) is 3.82. The first-order valence-electron chi connectivity index (χ1n) is 9.12. The molecule has 0 bridgehead atoms. The molecule has 1 aromatic heterocycles.